The fourth-order valence-electron chi connectivity index (χ4n) is 2.12. The van der Waals surface area contributed by atoms with E-state index in [1.54, 1.807) is 0 Å². The van der Waals surface area contributed by atoms with Crippen LogP contribution in [0.5, 0.6) is 0 Å². The van der Waals surface area contributed by atoms with E-state index in [0.717, 1.165) is 16.8 Å². The number of anilines is 1. The van der Waals surface area contributed by atoms with E-state index in [1.165, 1.54) is 10.9 Å². The lowest BCUT2D eigenvalue weighted by Crippen LogP contribution is -1.87. The van der Waals surface area contributed by atoms with Gasteiger partial charge < -0.3 is 10.7 Å². The van der Waals surface area contributed by atoms with Crippen LogP contribution in [0.2, 0.25) is 5.02 Å². The zero-order valence-electron chi connectivity index (χ0n) is 10.00. The molecule has 0 spiro atoms. The molecule has 2 aromatic carbocycles. The quantitative estimate of drug-likeness (QED) is 0.624. The molecule has 0 unspecified atom stereocenters. The average molecular weight is 257 g/mol. The van der Waals surface area contributed by atoms with Crippen LogP contribution in [0, 0.1) is 6.92 Å². The number of nitrogens with one attached hydrogen (secondary N) is 1. The molecule has 0 aliphatic carbocycles. The molecule has 2 nitrogen and oxygen atoms in total. The molecular weight excluding hydrogens is 244 g/mol. The standard InChI is InChI=1S/C15H13ClN2/c1-9-2-5-14-11(6-9)8-15(18-14)10-3-4-12(16)13(17)7-10/h2-8,18H,17H2,1H3. The number of nitrogen functional groups attached to an aromatic ring is 1. The van der Waals surface area contributed by atoms with Gasteiger partial charge in [-0.15, -0.1) is 0 Å². The predicted molar refractivity (Wildman–Crippen MR) is 77.9 cm³/mol. The van der Waals surface area contributed by atoms with Crippen molar-refractivity contribution in [1.29, 1.82) is 0 Å². The summed E-state index contributed by atoms with van der Waals surface area (Å²) >= 11 is 5.93. The van der Waals surface area contributed by atoms with Crippen LogP contribution in [0.15, 0.2) is 42.5 Å². The highest BCUT2D eigenvalue weighted by molar-refractivity contribution is 6.33. The van der Waals surface area contributed by atoms with Crippen molar-refractivity contribution in [2.75, 3.05) is 5.73 Å². The Hall–Kier alpha value is -1.93. The van der Waals surface area contributed by atoms with Gasteiger partial charge >= 0.3 is 0 Å². The first-order chi connectivity index (χ1) is 8.63. The minimum absolute atomic E-state index is 0.589. The summed E-state index contributed by atoms with van der Waals surface area (Å²) in [4.78, 5) is 3.39. The minimum Gasteiger partial charge on any atom is -0.398 e. The molecule has 18 heavy (non-hydrogen) atoms. The first kappa shape index (κ1) is 11.2. The largest absolute Gasteiger partial charge is 0.398 e. The topological polar surface area (TPSA) is 41.8 Å². The molecule has 1 heterocycles. The average Bonchev–Trinajstić information content (AvgIpc) is 2.75. The van der Waals surface area contributed by atoms with Gasteiger partial charge in [-0.1, -0.05) is 29.3 Å². The van der Waals surface area contributed by atoms with E-state index < -0.39 is 0 Å². The number of rotatable bonds is 1. The van der Waals surface area contributed by atoms with Crippen LogP contribution < -0.4 is 5.73 Å². The Morgan fingerprint density at radius 3 is 2.67 bits per heavy atom. The summed E-state index contributed by atoms with van der Waals surface area (Å²) in [6.07, 6.45) is 0. The summed E-state index contributed by atoms with van der Waals surface area (Å²) in [5, 5.41) is 1.80. The molecule has 0 fully saturated rings. The van der Waals surface area contributed by atoms with Crippen molar-refractivity contribution in [3.05, 3.63) is 53.1 Å². The normalized spacial score (nSPS) is 11.0. The van der Waals surface area contributed by atoms with E-state index in [4.69, 9.17) is 17.3 Å². The second-order valence-electron chi connectivity index (χ2n) is 4.51. The third-order valence-electron chi connectivity index (χ3n) is 3.08. The first-order valence-electron chi connectivity index (χ1n) is 5.78. The number of H-pyrrole nitrogens is 1. The highest BCUT2D eigenvalue weighted by Gasteiger charge is 2.05. The van der Waals surface area contributed by atoms with Gasteiger partial charge in [-0.3, -0.25) is 0 Å². The highest BCUT2D eigenvalue weighted by atomic mass is 35.5. The molecule has 0 amide bonds. The lowest BCUT2D eigenvalue weighted by molar-refractivity contribution is 1.44. The Balaban J connectivity index is 2.16. The third-order valence-corrected chi connectivity index (χ3v) is 3.43. The predicted octanol–water partition coefficient (Wildman–Crippen LogP) is 4.38. The fourth-order valence-corrected chi connectivity index (χ4v) is 2.24. The molecule has 3 aromatic rings. The van der Waals surface area contributed by atoms with Gasteiger partial charge in [-0.25, -0.2) is 0 Å². The molecule has 0 saturated heterocycles. The van der Waals surface area contributed by atoms with Gasteiger partial charge in [-0.05, 0) is 37.3 Å². The summed E-state index contributed by atoms with van der Waals surface area (Å²) in [5.74, 6) is 0. The maximum atomic E-state index is 5.93. The molecule has 0 aliphatic rings. The Morgan fingerprint density at radius 1 is 1.06 bits per heavy atom. The van der Waals surface area contributed by atoms with Gasteiger partial charge in [0.25, 0.3) is 0 Å². The van der Waals surface area contributed by atoms with Crippen LogP contribution in [-0.2, 0) is 0 Å². The highest BCUT2D eigenvalue weighted by Crippen LogP contribution is 2.29. The molecule has 3 N–H and O–H groups in total. The van der Waals surface area contributed by atoms with Crippen molar-refractivity contribution in [1.82, 2.24) is 4.98 Å². The lowest BCUT2D eigenvalue weighted by atomic mass is 10.1. The van der Waals surface area contributed by atoms with Gasteiger partial charge in [-0.2, -0.15) is 0 Å². The van der Waals surface area contributed by atoms with E-state index in [1.807, 2.05) is 18.2 Å². The maximum Gasteiger partial charge on any atom is 0.0635 e. The van der Waals surface area contributed by atoms with E-state index in [9.17, 15) is 0 Å². The number of hydrogen-bond donors (Lipinski definition) is 2. The van der Waals surface area contributed by atoms with Crippen LogP contribution in [0.3, 0.4) is 0 Å². The van der Waals surface area contributed by atoms with Gasteiger partial charge in [0.2, 0.25) is 0 Å². The first-order valence-corrected chi connectivity index (χ1v) is 6.16. The summed E-state index contributed by atoms with van der Waals surface area (Å²) in [5.41, 5.74) is 10.9. The number of aromatic nitrogens is 1. The molecule has 1 aromatic heterocycles. The second-order valence-corrected chi connectivity index (χ2v) is 4.92. The number of benzene rings is 2. The van der Waals surface area contributed by atoms with Crippen molar-refractivity contribution < 1.29 is 0 Å². The van der Waals surface area contributed by atoms with Gasteiger partial charge in [0.1, 0.15) is 0 Å². The van der Waals surface area contributed by atoms with Crippen molar-refractivity contribution in [3.8, 4) is 11.3 Å². The SMILES string of the molecule is Cc1ccc2[nH]c(-c3ccc(Cl)c(N)c3)cc2c1. The molecule has 0 atom stereocenters. The van der Waals surface area contributed by atoms with E-state index in [-0.39, 0.29) is 0 Å². The molecule has 3 heteroatoms. The number of aryl methyl sites for hydroxylation is 1. The summed E-state index contributed by atoms with van der Waals surface area (Å²) < 4.78 is 0. The molecule has 3 rings (SSSR count). The Kier molecular flexibility index (Phi) is 2.53. The van der Waals surface area contributed by atoms with Crippen LogP contribution in [0.1, 0.15) is 5.56 Å². The Bertz CT molecular complexity index is 728. The molecule has 0 aliphatic heterocycles. The van der Waals surface area contributed by atoms with Gasteiger partial charge in [0.05, 0.1) is 10.7 Å². The molecule has 0 bridgehead atoms. The summed E-state index contributed by atoms with van der Waals surface area (Å²) in [7, 11) is 0. The van der Waals surface area contributed by atoms with Crippen LogP contribution in [0.25, 0.3) is 22.2 Å². The van der Waals surface area contributed by atoms with E-state index in [2.05, 4.69) is 36.2 Å². The van der Waals surface area contributed by atoms with Crippen molar-refractivity contribution in [2.45, 2.75) is 6.92 Å². The number of hydrogen-bond acceptors (Lipinski definition) is 1. The number of fused-ring (bicyclic) bond motifs is 1. The van der Waals surface area contributed by atoms with Crippen molar-refractivity contribution in [3.63, 3.8) is 0 Å². The Labute approximate surface area is 110 Å². The van der Waals surface area contributed by atoms with Crippen molar-refractivity contribution >= 4 is 28.2 Å². The lowest BCUT2D eigenvalue weighted by Gasteiger charge is -2.01. The Morgan fingerprint density at radius 2 is 1.89 bits per heavy atom. The van der Waals surface area contributed by atoms with Crippen molar-refractivity contribution in [2.24, 2.45) is 0 Å². The summed E-state index contributed by atoms with van der Waals surface area (Å²) in [6, 6.07) is 14.2. The second kappa shape index (κ2) is 4.07. The van der Waals surface area contributed by atoms with Crippen LogP contribution in [0.4, 0.5) is 5.69 Å². The molecule has 0 radical (unpaired) electrons. The molecular formula is C15H13ClN2. The summed E-state index contributed by atoms with van der Waals surface area (Å²) in [6.45, 7) is 2.09. The van der Waals surface area contributed by atoms with Crippen LogP contribution in [-0.4, -0.2) is 4.98 Å². The van der Waals surface area contributed by atoms with E-state index in [0.29, 0.717) is 10.7 Å². The number of aromatic amines is 1. The molecule has 90 valence electrons. The van der Waals surface area contributed by atoms with Crippen LogP contribution >= 0.6 is 11.6 Å². The third kappa shape index (κ3) is 1.85. The molecule has 0 saturated carbocycles. The number of halogens is 1. The van der Waals surface area contributed by atoms with Gasteiger partial charge in [0.15, 0.2) is 0 Å². The fraction of sp³-hybridized carbons (Fsp3) is 0.0667. The smallest absolute Gasteiger partial charge is 0.0635 e. The minimum atomic E-state index is 0.589. The monoisotopic (exact) mass is 256 g/mol. The maximum absolute atomic E-state index is 5.93. The zero-order valence-corrected chi connectivity index (χ0v) is 10.8. The van der Waals surface area contributed by atoms with Gasteiger partial charge in [0, 0.05) is 22.2 Å². The zero-order chi connectivity index (χ0) is 12.7. The van der Waals surface area contributed by atoms with E-state index >= 15 is 0 Å². The number of nitrogens with two attached hydrogens (primary N) is 1.